The van der Waals surface area contributed by atoms with E-state index in [4.69, 9.17) is 9.47 Å². The molecule has 2 rings (SSSR count). The molecular weight excluding hydrogens is 275 g/mol. The molecule has 2 N–H and O–H groups in total. The molecule has 1 aromatic carbocycles. The Balaban J connectivity index is 1.80. The summed E-state index contributed by atoms with van der Waals surface area (Å²) in [5, 5.41) is 5.85. The van der Waals surface area contributed by atoms with E-state index in [0.717, 1.165) is 25.9 Å². The minimum atomic E-state index is -0.492. The predicted molar refractivity (Wildman–Crippen MR) is 78.0 cm³/mol. The van der Waals surface area contributed by atoms with Crippen molar-refractivity contribution in [3.05, 3.63) is 24.0 Å². The van der Waals surface area contributed by atoms with E-state index in [1.165, 1.54) is 12.1 Å². The van der Waals surface area contributed by atoms with Crippen molar-refractivity contribution in [2.24, 2.45) is 0 Å². The number of hydrogen-bond donors (Lipinski definition) is 2. The van der Waals surface area contributed by atoms with Gasteiger partial charge >= 0.3 is 0 Å². The average Bonchev–Trinajstić information content (AvgIpc) is 2.49. The standard InChI is InChI=1S/C15H21FN2O3/c1-2-20-14-4-3-11(9-13(14)16)18-15(19)10-21-12-5-7-17-8-6-12/h3-4,9,12,17H,2,5-8,10H2,1H3,(H,18,19). The molecule has 0 unspecified atom stereocenters. The van der Waals surface area contributed by atoms with Crippen molar-refractivity contribution in [2.75, 3.05) is 31.6 Å². The van der Waals surface area contributed by atoms with E-state index in [0.29, 0.717) is 12.3 Å². The number of rotatable bonds is 6. The maximum absolute atomic E-state index is 13.6. The molecule has 0 spiro atoms. The van der Waals surface area contributed by atoms with Crippen LogP contribution in [0.15, 0.2) is 18.2 Å². The van der Waals surface area contributed by atoms with Gasteiger partial charge in [0.25, 0.3) is 0 Å². The van der Waals surface area contributed by atoms with Crippen molar-refractivity contribution in [1.29, 1.82) is 0 Å². The summed E-state index contributed by atoms with van der Waals surface area (Å²) in [6.45, 7) is 3.99. The third-order valence-electron chi connectivity index (χ3n) is 3.25. The Morgan fingerprint density at radius 3 is 2.86 bits per heavy atom. The van der Waals surface area contributed by atoms with Gasteiger partial charge in [-0.2, -0.15) is 0 Å². The van der Waals surface area contributed by atoms with Crippen molar-refractivity contribution in [3.63, 3.8) is 0 Å². The third kappa shape index (κ3) is 4.99. The van der Waals surface area contributed by atoms with Crippen molar-refractivity contribution in [2.45, 2.75) is 25.9 Å². The van der Waals surface area contributed by atoms with Crippen LogP contribution in [0.3, 0.4) is 0 Å². The first-order chi connectivity index (χ1) is 10.2. The summed E-state index contributed by atoms with van der Waals surface area (Å²) < 4.78 is 24.3. The molecule has 0 aliphatic carbocycles. The fourth-order valence-corrected chi connectivity index (χ4v) is 2.20. The summed E-state index contributed by atoms with van der Waals surface area (Å²) in [5.74, 6) is -0.590. The molecule has 116 valence electrons. The van der Waals surface area contributed by atoms with Crippen LogP contribution in [-0.2, 0) is 9.53 Å². The van der Waals surface area contributed by atoms with Crippen LogP contribution in [0.25, 0.3) is 0 Å². The van der Waals surface area contributed by atoms with Crippen LogP contribution in [-0.4, -0.2) is 38.3 Å². The zero-order valence-corrected chi connectivity index (χ0v) is 12.2. The summed E-state index contributed by atoms with van der Waals surface area (Å²) in [4.78, 5) is 11.8. The molecule has 1 heterocycles. The molecule has 0 radical (unpaired) electrons. The van der Waals surface area contributed by atoms with Gasteiger partial charge in [-0.15, -0.1) is 0 Å². The van der Waals surface area contributed by atoms with Crippen LogP contribution < -0.4 is 15.4 Å². The van der Waals surface area contributed by atoms with Crippen molar-refractivity contribution < 1.29 is 18.7 Å². The van der Waals surface area contributed by atoms with Crippen LogP contribution in [0.1, 0.15) is 19.8 Å². The fourth-order valence-electron chi connectivity index (χ4n) is 2.20. The highest BCUT2D eigenvalue weighted by Gasteiger charge is 2.15. The maximum Gasteiger partial charge on any atom is 0.250 e. The van der Waals surface area contributed by atoms with Crippen molar-refractivity contribution in [1.82, 2.24) is 5.32 Å². The van der Waals surface area contributed by atoms with Crippen molar-refractivity contribution >= 4 is 11.6 Å². The van der Waals surface area contributed by atoms with E-state index in [1.807, 2.05) is 0 Å². The largest absolute Gasteiger partial charge is 0.491 e. The average molecular weight is 296 g/mol. The molecule has 5 nitrogen and oxygen atoms in total. The topological polar surface area (TPSA) is 59.6 Å². The van der Waals surface area contributed by atoms with E-state index in [2.05, 4.69) is 10.6 Å². The van der Waals surface area contributed by atoms with Gasteiger partial charge in [0.1, 0.15) is 6.61 Å². The van der Waals surface area contributed by atoms with Gasteiger partial charge in [-0.3, -0.25) is 4.79 Å². The molecule has 0 bridgehead atoms. The minimum Gasteiger partial charge on any atom is -0.491 e. The van der Waals surface area contributed by atoms with Gasteiger partial charge in [0.15, 0.2) is 11.6 Å². The van der Waals surface area contributed by atoms with Crippen LogP contribution in [0.2, 0.25) is 0 Å². The minimum absolute atomic E-state index is 0.0144. The van der Waals surface area contributed by atoms with Gasteiger partial charge in [0.2, 0.25) is 5.91 Å². The summed E-state index contributed by atoms with van der Waals surface area (Å²) in [6.07, 6.45) is 1.93. The van der Waals surface area contributed by atoms with Gasteiger partial charge in [0, 0.05) is 11.8 Å². The molecular formula is C15H21FN2O3. The lowest BCUT2D eigenvalue weighted by Gasteiger charge is -2.22. The molecule has 1 fully saturated rings. The molecule has 1 aliphatic rings. The molecule has 0 aromatic heterocycles. The molecule has 6 heteroatoms. The number of halogens is 1. The molecule has 0 atom stereocenters. The highest BCUT2D eigenvalue weighted by atomic mass is 19.1. The third-order valence-corrected chi connectivity index (χ3v) is 3.25. The Bertz CT molecular complexity index is 476. The Morgan fingerprint density at radius 1 is 1.43 bits per heavy atom. The number of carbonyl (C=O) groups is 1. The second kappa shape index (κ2) is 7.95. The van der Waals surface area contributed by atoms with E-state index in [9.17, 15) is 9.18 Å². The smallest absolute Gasteiger partial charge is 0.250 e. The predicted octanol–water partition coefficient (Wildman–Crippen LogP) is 1.93. The highest BCUT2D eigenvalue weighted by molar-refractivity contribution is 5.91. The van der Waals surface area contributed by atoms with Gasteiger partial charge in [-0.05, 0) is 45.0 Å². The number of piperidine rings is 1. The second-order valence-electron chi connectivity index (χ2n) is 4.89. The Morgan fingerprint density at radius 2 is 2.19 bits per heavy atom. The first kappa shape index (κ1) is 15.7. The number of nitrogens with one attached hydrogen (secondary N) is 2. The van der Waals surface area contributed by atoms with Crippen molar-refractivity contribution in [3.8, 4) is 5.75 Å². The zero-order valence-electron chi connectivity index (χ0n) is 12.2. The fraction of sp³-hybridized carbons (Fsp3) is 0.533. The summed E-state index contributed by atoms with van der Waals surface area (Å²) in [7, 11) is 0. The molecule has 0 saturated carbocycles. The first-order valence-electron chi connectivity index (χ1n) is 7.23. The van der Waals surface area contributed by atoms with E-state index in [-0.39, 0.29) is 24.4 Å². The lowest BCUT2D eigenvalue weighted by Crippen LogP contribution is -2.34. The van der Waals surface area contributed by atoms with Crippen LogP contribution in [0.5, 0.6) is 5.75 Å². The summed E-state index contributed by atoms with van der Waals surface area (Å²) >= 11 is 0. The maximum atomic E-state index is 13.6. The first-order valence-corrected chi connectivity index (χ1v) is 7.23. The number of amides is 1. The Kier molecular flexibility index (Phi) is 5.95. The normalized spacial score (nSPS) is 15.7. The molecule has 1 amide bonds. The summed E-state index contributed by atoms with van der Waals surface area (Å²) in [5.41, 5.74) is 0.398. The molecule has 1 saturated heterocycles. The molecule has 1 aliphatic heterocycles. The van der Waals surface area contributed by atoms with Crippen LogP contribution in [0, 0.1) is 5.82 Å². The lowest BCUT2D eigenvalue weighted by molar-refractivity contribution is -0.123. The van der Waals surface area contributed by atoms with Gasteiger partial charge in [-0.25, -0.2) is 4.39 Å². The highest BCUT2D eigenvalue weighted by Crippen LogP contribution is 2.21. The number of hydrogen-bond acceptors (Lipinski definition) is 4. The number of benzene rings is 1. The quantitative estimate of drug-likeness (QED) is 0.842. The molecule has 1 aromatic rings. The monoisotopic (exact) mass is 296 g/mol. The SMILES string of the molecule is CCOc1ccc(NC(=O)COC2CCNCC2)cc1F. The summed E-state index contributed by atoms with van der Waals surface area (Å²) in [6, 6.07) is 4.35. The van der Waals surface area contributed by atoms with Gasteiger partial charge < -0.3 is 20.1 Å². The Labute approximate surface area is 123 Å². The Hall–Kier alpha value is -1.66. The van der Waals surface area contributed by atoms with Crippen LogP contribution >= 0.6 is 0 Å². The zero-order chi connectivity index (χ0) is 15.1. The van der Waals surface area contributed by atoms with Gasteiger partial charge in [0.05, 0.1) is 12.7 Å². The van der Waals surface area contributed by atoms with E-state index in [1.54, 1.807) is 13.0 Å². The molecule has 21 heavy (non-hydrogen) atoms. The number of ether oxygens (including phenoxy) is 2. The lowest BCUT2D eigenvalue weighted by atomic mass is 10.1. The van der Waals surface area contributed by atoms with E-state index < -0.39 is 5.82 Å². The van der Waals surface area contributed by atoms with Gasteiger partial charge in [-0.1, -0.05) is 0 Å². The number of anilines is 1. The number of carbonyl (C=O) groups excluding carboxylic acids is 1. The second-order valence-corrected chi connectivity index (χ2v) is 4.89. The van der Waals surface area contributed by atoms with Crippen LogP contribution in [0.4, 0.5) is 10.1 Å². The van der Waals surface area contributed by atoms with E-state index >= 15 is 0 Å².